The van der Waals surface area contributed by atoms with Gasteiger partial charge in [-0.25, -0.2) is 4.39 Å². The van der Waals surface area contributed by atoms with Crippen LogP contribution in [0, 0.1) is 5.82 Å². The molecule has 0 unspecified atom stereocenters. The molecular weight excluding hydrogens is 481 g/mol. The molecule has 0 bridgehead atoms. The molecule has 1 N–H and O–H groups in total. The number of methoxy groups -OCH3 is 1. The Labute approximate surface area is 193 Å². The smallest absolute Gasteiger partial charge is 0.167 e. The van der Waals surface area contributed by atoms with Gasteiger partial charge in [0.05, 0.1) is 12.1 Å². The fourth-order valence-corrected chi connectivity index (χ4v) is 4.09. The van der Waals surface area contributed by atoms with Crippen LogP contribution in [0.2, 0.25) is 5.02 Å². The molecule has 0 saturated heterocycles. The Hall–Kier alpha value is -2.76. The number of anilines is 1. The molecule has 6 heteroatoms. The first-order chi connectivity index (χ1) is 15.1. The van der Waals surface area contributed by atoms with Crippen LogP contribution in [0.4, 0.5) is 10.1 Å². The third-order valence-electron chi connectivity index (χ3n) is 5.02. The van der Waals surface area contributed by atoms with Crippen LogP contribution >= 0.6 is 27.5 Å². The summed E-state index contributed by atoms with van der Waals surface area (Å²) in [5.74, 6) is 0.829. The van der Waals surface area contributed by atoms with Gasteiger partial charge in [-0.2, -0.15) is 0 Å². The number of rotatable bonds is 7. The molecule has 0 radical (unpaired) electrons. The van der Waals surface area contributed by atoms with Crippen LogP contribution in [0.3, 0.4) is 0 Å². The topological polar surface area (TPSA) is 30.5 Å². The summed E-state index contributed by atoms with van der Waals surface area (Å²) in [4.78, 5) is 0. The summed E-state index contributed by atoms with van der Waals surface area (Å²) in [7, 11) is 1.60. The largest absolute Gasteiger partial charge is 0.493 e. The fourth-order valence-electron chi connectivity index (χ4n) is 3.42. The maximum Gasteiger partial charge on any atom is 0.167 e. The molecule has 158 valence electrons. The number of ether oxygens (including phenoxy) is 2. The van der Waals surface area contributed by atoms with Crippen molar-refractivity contribution in [1.29, 1.82) is 0 Å². The van der Waals surface area contributed by atoms with Crippen LogP contribution < -0.4 is 14.8 Å². The van der Waals surface area contributed by atoms with Gasteiger partial charge in [0.15, 0.2) is 11.5 Å². The van der Waals surface area contributed by atoms with E-state index in [0.717, 1.165) is 21.1 Å². The minimum Gasteiger partial charge on any atom is -0.493 e. The van der Waals surface area contributed by atoms with E-state index in [-0.39, 0.29) is 12.4 Å². The molecule has 31 heavy (non-hydrogen) atoms. The Morgan fingerprint density at radius 3 is 2.61 bits per heavy atom. The number of hydrogen-bond donors (Lipinski definition) is 1. The zero-order chi connectivity index (χ0) is 21.8. The van der Waals surface area contributed by atoms with Gasteiger partial charge in [0.25, 0.3) is 0 Å². The summed E-state index contributed by atoms with van der Waals surface area (Å²) in [6, 6.07) is 22.4. The lowest BCUT2D eigenvalue weighted by molar-refractivity contribution is 0.281. The average molecular weight is 501 g/mol. The molecule has 0 aliphatic heterocycles. The first kappa shape index (κ1) is 21.5. The Kier molecular flexibility index (Phi) is 6.64. The van der Waals surface area contributed by atoms with Gasteiger partial charge in [-0.05, 0) is 35.7 Å². The maximum atomic E-state index is 13.4. The Bertz CT molecular complexity index is 1230. The van der Waals surface area contributed by atoms with E-state index in [4.69, 9.17) is 21.1 Å². The van der Waals surface area contributed by atoms with Crippen LogP contribution in [-0.2, 0) is 13.2 Å². The lowest BCUT2D eigenvalue weighted by atomic mass is 10.1. The van der Waals surface area contributed by atoms with Crippen LogP contribution in [-0.4, -0.2) is 7.11 Å². The summed E-state index contributed by atoms with van der Waals surface area (Å²) in [6.45, 7) is 0.700. The third kappa shape index (κ3) is 4.78. The second-order valence-electron chi connectivity index (χ2n) is 6.96. The van der Waals surface area contributed by atoms with Gasteiger partial charge < -0.3 is 14.8 Å². The monoisotopic (exact) mass is 499 g/mol. The maximum absolute atomic E-state index is 13.4. The summed E-state index contributed by atoms with van der Waals surface area (Å²) >= 11 is 9.80. The van der Waals surface area contributed by atoms with E-state index in [1.54, 1.807) is 13.2 Å². The highest BCUT2D eigenvalue weighted by Gasteiger charge is 2.16. The van der Waals surface area contributed by atoms with Gasteiger partial charge in [0.1, 0.15) is 12.4 Å². The molecule has 0 atom stereocenters. The van der Waals surface area contributed by atoms with E-state index < -0.39 is 0 Å². The number of nitrogens with one attached hydrogen (secondary N) is 1. The van der Waals surface area contributed by atoms with E-state index in [9.17, 15) is 4.39 Å². The van der Waals surface area contributed by atoms with Crippen LogP contribution in [0.25, 0.3) is 10.8 Å². The minimum absolute atomic E-state index is 0.188. The van der Waals surface area contributed by atoms with Crippen molar-refractivity contribution in [2.75, 3.05) is 12.4 Å². The molecule has 4 aromatic rings. The second-order valence-corrected chi connectivity index (χ2v) is 8.22. The van der Waals surface area contributed by atoms with Crippen molar-refractivity contribution in [3.8, 4) is 11.5 Å². The standard InChI is InChI=1S/C25H20BrClFNO2/c1-30-24-12-11-21(26)20(25(24)31-15-17-9-10-18(28)13-22(17)27)14-29-23-8-4-6-16-5-2-3-7-19(16)23/h2-13,29H,14-15H2,1H3. The summed E-state index contributed by atoms with van der Waals surface area (Å²) in [6.07, 6.45) is 0. The molecule has 0 spiro atoms. The summed E-state index contributed by atoms with van der Waals surface area (Å²) in [5.41, 5.74) is 2.63. The highest BCUT2D eigenvalue weighted by molar-refractivity contribution is 9.10. The molecule has 4 rings (SSSR count). The van der Waals surface area contributed by atoms with Gasteiger partial charge >= 0.3 is 0 Å². The van der Waals surface area contributed by atoms with Crippen molar-refractivity contribution in [3.63, 3.8) is 0 Å². The normalized spacial score (nSPS) is 10.8. The first-order valence-electron chi connectivity index (χ1n) is 9.70. The molecule has 0 aliphatic rings. The fraction of sp³-hybridized carbons (Fsp3) is 0.120. The predicted octanol–water partition coefficient (Wildman–Crippen LogP) is 7.59. The van der Waals surface area contributed by atoms with E-state index in [1.165, 1.54) is 17.5 Å². The summed E-state index contributed by atoms with van der Waals surface area (Å²) in [5, 5.41) is 6.15. The quantitative estimate of drug-likeness (QED) is 0.283. The van der Waals surface area contributed by atoms with Gasteiger partial charge in [-0.3, -0.25) is 0 Å². The molecule has 0 heterocycles. The SMILES string of the molecule is COc1ccc(Br)c(CNc2cccc3ccccc23)c1OCc1ccc(F)cc1Cl. The Morgan fingerprint density at radius 1 is 1.00 bits per heavy atom. The van der Waals surface area contributed by atoms with Crippen molar-refractivity contribution in [2.45, 2.75) is 13.2 Å². The van der Waals surface area contributed by atoms with Crippen LogP contribution in [0.15, 0.2) is 77.3 Å². The zero-order valence-electron chi connectivity index (χ0n) is 16.8. The van der Waals surface area contributed by atoms with Gasteiger partial charge in [-0.1, -0.05) is 70.0 Å². The Balaban J connectivity index is 1.62. The number of hydrogen-bond acceptors (Lipinski definition) is 3. The van der Waals surface area contributed by atoms with Crippen molar-refractivity contribution in [2.24, 2.45) is 0 Å². The minimum atomic E-state index is -0.381. The lowest BCUT2D eigenvalue weighted by Gasteiger charge is -2.18. The highest BCUT2D eigenvalue weighted by atomic mass is 79.9. The van der Waals surface area contributed by atoms with Crippen molar-refractivity contribution in [3.05, 3.63) is 99.2 Å². The summed E-state index contributed by atoms with van der Waals surface area (Å²) < 4.78 is 25.9. The lowest BCUT2D eigenvalue weighted by Crippen LogP contribution is -2.07. The molecule has 0 saturated carbocycles. The molecule has 0 aliphatic carbocycles. The highest BCUT2D eigenvalue weighted by Crippen LogP contribution is 2.38. The second kappa shape index (κ2) is 9.58. The predicted molar refractivity (Wildman–Crippen MR) is 128 cm³/mol. The van der Waals surface area contributed by atoms with E-state index in [1.807, 2.05) is 30.3 Å². The van der Waals surface area contributed by atoms with Crippen molar-refractivity contribution < 1.29 is 13.9 Å². The van der Waals surface area contributed by atoms with Crippen molar-refractivity contribution in [1.82, 2.24) is 0 Å². The van der Waals surface area contributed by atoms with Gasteiger partial charge in [0, 0.05) is 33.2 Å². The van der Waals surface area contributed by atoms with Crippen LogP contribution in [0.5, 0.6) is 11.5 Å². The number of fused-ring (bicyclic) bond motifs is 1. The molecular formula is C25H20BrClFNO2. The Morgan fingerprint density at radius 2 is 1.81 bits per heavy atom. The molecule has 0 amide bonds. The van der Waals surface area contributed by atoms with Gasteiger partial charge in [0.2, 0.25) is 0 Å². The zero-order valence-corrected chi connectivity index (χ0v) is 19.1. The molecule has 0 fully saturated rings. The average Bonchev–Trinajstić information content (AvgIpc) is 2.78. The number of halogens is 3. The first-order valence-corrected chi connectivity index (χ1v) is 10.9. The van der Waals surface area contributed by atoms with E-state index in [0.29, 0.717) is 28.6 Å². The van der Waals surface area contributed by atoms with Crippen molar-refractivity contribution >= 4 is 44.0 Å². The van der Waals surface area contributed by atoms with Crippen LogP contribution in [0.1, 0.15) is 11.1 Å². The molecule has 4 aromatic carbocycles. The van der Waals surface area contributed by atoms with E-state index >= 15 is 0 Å². The van der Waals surface area contributed by atoms with Gasteiger partial charge in [-0.15, -0.1) is 0 Å². The number of benzene rings is 4. The van der Waals surface area contributed by atoms with E-state index in [2.05, 4.69) is 45.5 Å². The third-order valence-corrected chi connectivity index (χ3v) is 6.11. The molecule has 3 nitrogen and oxygen atoms in total. The molecule has 0 aromatic heterocycles.